The Morgan fingerprint density at radius 2 is 0.759 bits per heavy atom. The number of H-pyrrole nitrogens is 2. The van der Waals surface area contributed by atoms with Crippen molar-refractivity contribution in [3.63, 3.8) is 0 Å². The van der Waals surface area contributed by atoms with Gasteiger partial charge in [0.05, 0.1) is 35.6 Å². The normalized spacial score (nSPS) is 14.7. The minimum absolute atomic E-state index is 0.0422. The number of aromatic amines is 2. The van der Waals surface area contributed by atoms with Gasteiger partial charge in [-0.1, -0.05) is 163 Å². The third-order valence-electron chi connectivity index (χ3n) is 23.3. The molecule has 0 saturated heterocycles. The van der Waals surface area contributed by atoms with E-state index >= 15 is 0 Å². The summed E-state index contributed by atoms with van der Waals surface area (Å²) in [5.41, 5.74) is 0.886. The zero-order valence-corrected chi connectivity index (χ0v) is 89.6. The maximum atomic E-state index is 13.8. The van der Waals surface area contributed by atoms with E-state index < -0.39 is 137 Å². The predicted octanol–water partition coefficient (Wildman–Crippen LogP) is 3.35. The highest BCUT2D eigenvalue weighted by atomic mass is 16.5. The van der Waals surface area contributed by atoms with E-state index in [2.05, 4.69) is 121 Å². The standard InChI is InChI=1S/C36H56N8O6.C34H55N9O6.C32H56N8O6/c1-9-12-28(41-34(48)29(20-36(6,7)8)42-32(46)26-14-17-44(50)18-15-26)33(47)40-27(19-25-13-11-16-37-21-25)22-39-24(5)31(45)43-30(23(3)4)35(49)38-10-2;1-9-11-26(40-32(47)27(17-34(6,7)8)41-30(45)23-12-14-43(49)15-13-23)31(46)39-25(16-24-18-35-20-38-24)19-37-22(5)29(44)42-28(21(3)4)33(48)36-10-2;1-10-13-23(36-32(46)27(20(8)11-2)38-30(44)24-14-15-25(41)40-39-24)29(43)35-22(16-18(4)5)17-34-21(9)28(42)37-26(19(6)7)31(45)33-12-3/h11,13-18,21,23-24,27-30,39H,9-10,12,19-20,22H2,1-8H3,(H,38,49)(H,40,47)(H,41,48)(H,42,46)(H,43,45);12-15,18,20-22,25-28,37H,9-11,16-17,19H2,1-8H3,(H,35,38)(H,36,48)(H,39,46)(H,40,47)(H,41,45)(H,42,44);14-15,18-23,26-27,34H,10-13,16-17H2,1-9H3,(H,33,45)(H,35,43)(H,36,46)(H,37,42)(H,38,44)(H,40,41)/t24-,27-,28-,29-,30-;22-,25-,26-,27-,28-;20-,21-,22-,23-,26-,27-/m000/s1. The number of pyridine rings is 3. The molecule has 0 radical (unpaired) electrons. The van der Waals surface area contributed by atoms with Crippen molar-refractivity contribution >= 4 is 88.6 Å². The van der Waals surface area contributed by atoms with Crippen molar-refractivity contribution in [2.24, 2.45) is 40.4 Å². The quantitative estimate of drug-likeness (QED) is 0.0196. The molecule has 0 spiro atoms. The molecule has 0 aliphatic carbocycles. The van der Waals surface area contributed by atoms with Gasteiger partial charge in [-0.2, -0.15) is 14.6 Å². The Bertz CT molecular complexity index is 4900. The number of hydrogen-bond donors (Lipinski definition) is 20. The van der Waals surface area contributed by atoms with E-state index in [1.165, 1.54) is 67.5 Å². The minimum atomic E-state index is -0.949. The Kier molecular flexibility index (Phi) is 56.4. The Morgan fingerprint density at radius 1 is 0.386 bits per heavy atom. The number of nitrogens with zero attached hydrogens (tertiary/aromatic N) is 5. The molecule has 5 heterocycles. The van der Waals surface area contributed by atoms with E-state index in [1.54, 1.807) is 45.4 Å². The number of rotatable bonds is 58. The van der Waals surface area contributed by atoms with Crippen LogP contribution in [0.25, 0.3) is 0 Å². The number of nitrogens with one attached hydrogen (secondary N) is 20. The van der Waals surface area contributed by atoms with Crippen LogP contribution in [0, 0.1) is 50.8 Å². The van der Waals surface area contributed by atoms with Crippen LogP contribution in [0.5, 0.6) is 0 Å². The molecule has 808 valence electrons. The zero-order valence-electron chi connectivity index (χ0n) is 89.6. The Balaban J connectivity index is 0.000000559. The smallest absolute Gasteiger partial charge is 0.272 e. The van der Waals surface area contributed by atoms with Gasteiger partial charge in [0, 0.05) is 118 Å². The summed E-state index contributed by atoms with van der Waals surface area (Å²) < 4.78 is 1.12. The van der Waals surface area contributed by atoms with E-state index in [9.17, 15) is 87.1 Å². The molecule has 5 rings (SSSR count). The summed E-state index contributed by atoms with van der Waals surface area (Å²) in [6, 6.07) is 0.692. The molecule has 0 fully saturated rings. The second-order valence-electron chi connectivity index (χ2n) is 40.5. The first-order chi connectivity index (χ1) is 68.2. The lowest BCUT2D eigenvalue weighted by molar-refractivity contribution is -0.605. The van der Waals surface area contributed by atoms with Crippen molar-refractivity contribution in [3.05, 3.63) is 147 Å². The highest BCUT2D eigenvalue weighted by molar-refractivity contribution is 6.01. The molecule has 0 saturated carbocycles. The summed E-state index contributed by atoms with van der Waals surface area (Å²) in [4.78, 5) is 220. The fourth-order valence-electron chi connectivity index (χ4n) is 15.1. The van der Waals surface area contributed by atoms with Crippen LogP contribution in [-0.4, -0.2) is 244 Å². The first-order valence-electron chi connectivity index (χ1n) is 50.7. The van der Waals surface area contributed by atoms with E-state index in [-0.39, 0.29) is 124 Å². The number of carbonyl (C=O) groups is 15. The van der Waals surface area contributed by atoms with Crippen molar-refractivity contribution in [2.75, 3.05) is 39.3 Å². The van der Waals surface area contributed by atoms with Crippen molar-refractivity contribution in [1.82, 2.24) is 121 Å². The number of aromatic nitrogens is 7. The third-order valence-corrected chi connectivity index (χ3v) is 23.3. The van der Waals surface area contributed by atoms with E-state index in [0.29, 0.717) is 106 Å². The number of imidazole rings is 1. The Labute approximate surface area is 854 Å². The summed E-state index contributed by atoms with van der Waals surface area (Å²) in [6.07, 6.45) is 16.7. The molecule has 5 aromatic heterocycles. The van der Waals surface area contributed by atoms with Gasteiger partial charge < -0.3 is 111 Å². The summed E-state index contributed by atoms with van der Waals surface area (Å²) in [6.45, 7) is 48.8. The summed E-state index contributed by atoms with van der Waals surface area (Å²) >= 11 is 0. The molecule has 0 aliphatic rings. The molecular formula is C102H167N25O18. The summed E-state index contributed by atoms with van der Waals surface area (Å²) in [5, 5.41) is 80.9. The molecule has 5 aromatic rings. The van der Waals surface area contributed by atoms with Crippen molar-refractivity contribution < 1.29 is 81.4 Å². The molecule has 43 nitrogen and oxygen atoms in total. The van der Waals surface area contributed by atoms with Crippen LogP contribution in [0.15, 0.2) is 103 Å². The van der Waals surface area contributed by atoms with Crippen LogP contribution in [0.3, 0.4) is 0 Å². The maximum Gasteiger partial charge on any atom is 0.272 e. The molecule has 0 aliphatic heterocycles. The zero-order chi connectivity index (χ0) is 109. The predicted molar refractivity (Wildman–Crippen MR) is 552 cm³/mol. The van der Waals surface area contributed by atoms with Gasteiger partial charge in [-0.05, 0) is 145 Å². The average Bonchev–Trinajstić information content (AvgIpc) is 1.39. The molecule has 0 unspecified atom stereocenters. The molecule has 0 bridgehead atoms. The van der Waals surface area contributed by atoms with Gasteiger partial charge >= 0.3 is 0 Å². The number of likely N-dealkylation sites (N-methyl/N-ethyl adjacent to an activating group) is 3. The lowest BCUT2D eigenvalue weighted by atomic mass is 9.87. The van der Waals surface area contributed by atoms with Crippen molar-refractivity contribution in [1.29, 1.82) is 0 Å². The Morgan fingerprint density at radius 3 is 1.08 bits per heavy atom. The largest absolute Gasteiger partial charge is 0.619 e. The molecule has 15 amide bonds. The topological polar surface area (TPSA) is 614 Å². The molecule has 0 aromatic carbocycles. The van der Waals surface area contributed by atoms with Gasteiger partial charge in [0.25, 0.3) is 23.3 Å². The van der Waals surface area contributed by atoms with Gasteiger partial charge in [-0.15, -0.1) is 0 Å². The number of amides is 15. The van der Waals surface area contributed by atoms with Crippen LogP contribution in [0.4, 0.5) is 0 Å². The van der Waals surface area contributed by atoms with Gasteiger partial charge in [0.2, 0.25) is 70.9 Å². The molecule has 145 heavy (non-hydrogen) atoms. The lowest BCUT2D eigenvalue weighted by Gasteiger charge is -2.29. The average molecular weight is 2030 g/mol. The van der Waals surface area contributed by atoms with Crippen LogP contribution in [0.1, 0.15) is 280 Å². The van der Waals surface area contributed by atoms with Crippen LogP contribution in [0.2, 0.25) is 0 Å². The first kappa shape index (κ1) is 126. The van der Waals surface area contributed by atoms with Crippen LogP contribution < -0.4 is 111 Å². The van der Waals surface area contributed by atoms with Crippen LogP contribution >= 0.6 is 0 Å². The minimum Gasteiger partial charge on any atom is -0.619 e. The van der Waals surface area contributed by atoms with Gasteiger partial charge in [-0.3, -0.25) is 81.7 Å². The van der Waals surface area contributed by atoms with E-state index in [1.807, 2.05) is 158 Å². The summed E-state index contributed by atoms with van der Waals surface area (Å²) in [7, 11) is 0. The fourth-order valence-corrected chi connectivity index (χ4v) is 15.1. The van der Waals surface area contributed by atoms with Crippen molar-refractivity contribution in [3.8, 4) is 0 Å². The monoisotopic (exact) mass is 2030 g/mol. The van der Waals surface area contributed by atoms with E-state index in [0.717, 1.165) is 11.3 Å². The highest BCUT2D eigenvalue weighted by Gasteiger charge is 2.38. The van der Waals surface area contributed by atoms with Gasteiger partial charge in [0.15, 0.2) is 24.8 Å². The van der Waals surface area contributed by atoms with Crippen LogP contribution in [-0.2, 0) is 70.4 Å². The number of carbonyl (C=O) groups excluding carboxylic acids is 15. The molecule has 43 heteroatoms. The van der Waals surface area contributed by atoms with Gasteiger partial charge in [-0.25, -0.2) is 10.1 Å². The third kappa shape index (κ3) is 48.1. The lowest BCUT2D eigenvalue weighted by Crippen LogP contribution is -2.58. The maximum absolute atomic E-state index is 13.8. The molecular weight excluding hydrogens is 1860 g/mol. The second kappa shape index (κ2) is 64.7. The van der Waals surface area contributed by atoms with Gasteiger partial charge in [0.1, 0.15) is 60.1 Å². The number of hydrogen-bond acceptors (Lipinski definition) is 24. The SMILES string of the molecule is CCC[C@H](NC(=O)[C@@H](NC(=O)c1ccc(=O)[nH]n1)[C@@H](C)CC)C(=O)N[C@H](CN[C@@H](C)C(=O)N[C@H](C(=O)NCC)C(C)C)CC(C)C.CCC[C@H](NC(=O)[C@H](CC(C)(C)C)NC(=O)c1cc[n+]([O-])cc1)C(=O)N[C@H](CN[C@@H](C)C(=O)N[C@H](C(=O)NCC)C(C)C)Cc1cccnc1.CCC[C@H](NC(=O)[C@H](CC(C)(C)C)NC(=O)c1cc[n+]([O-])cc1)C(=O)N[C@H](CN[C@@H](C)C(=O)N[C@H](C(=O)NCC)C(C)C)Cc1cnc[nH]1. The molecule has 20 N–H and O–H groups in total. The van der Waals surface area contributed by atoms with E-state index in [4.69, 9.17) is 0 Å². The second-order valence-corrected chi connectivity index (χ2v) is 40.5. The Hall–Kier alpha value is -12.9. The summed E-state index contributed by atoms with van der Waals surface area (Å²) in [5.74, 6) is -6.54. The highest BCUT2D eigenvalue weighted by Crippen LogP contribution is 2.24. The molecule has 16 atom stereocenters. The fraction of sp³-hybridized carbons (Fsp3) is 0.637. The van der Waals surface area contributed by atoms with Crippen molar-refractivity contribution in [2.45, 2.75) is 341 Å². The first-order valence-corrected chi connectivity index (χ1v) is 50.7.